The second-order valence-electron chi connectivity index (χ2n) is 3.42. The number of amides is 3. The SMILES string of the molecule is COc1cc(CN)cc(OCC(=O)NC(N)=O)c1. The van der Waals surface area contributed by atoms with Gasteiger partial charge in [-0.1, -0.05) is 0 Å². The zero-order valence-corrected chi connectivity index (χ0v) is 9.93. The highest BCUT2D eigenvalue weighted by molar-refractivity contribution is 5.94. The summed E-state index contributed by atoms with van der Waals surface area (Å²) in [7, 11) is 1.51. The molecule has 18 heavy (non-hydrogen) atoms. The number of urea groups is 1. The summed E-state index contributed by atoms with van der Waals surface area (Å²) in [6, 6.07) is 4.13. The van der Waals surface area contributed by atoms with Gasteiger partial charge in [-0.3, -0.25) is 10.1 Å². The van der Waals surface area contributed by atoms with Crippen molar-refractivity contribution in [1.82, 2.24) is 5.32 Å². The molecule has 1 aromatic rings. The number of nitrogens with one attached hydrogen (secondary N) is 1. The smallest absolute Gasteiger partial charge is 0.318 e. The highest BCUT2D eigenvalue weighted by Crippen LogP contribution is 2.22. The molecule has 0 unspecified atom stereocenters. The van der Waals surface area contributed by atoms with Crippen LogP contribution >= 0.6 is 0 Å². The Balaban J connectivity index is 2.66. The minimum Gasteiger partial charge on any atom is -0.497 e. The summed E-state index contributed by atoms with van der Waals surface area (Å²) in [5.41, 5.74) is 11.1. The lowest BCUT2D eigenvalue weighted by atomic mass is 10.2. The number of methoxy groups -OCH3 is 1. The number of carbonyl (C=O) groups is 2. The molecule has 98 valence electrons. The summed E-state index contributed by atoms with van der Waals surface area (Å²) in [6.07, 6.45) is 0. The summed E-state index contributed by atoms with van der Waals surface area (Å²) in [5.74, 6) is 0.372. The fourth-order valence-electron chi connectivity index (χ4n) is 1.27. The molecule has 0 aliphatic heterocycles. The van der Waals surface area contributed by atoms with Crippen LogP contribution in [0.25, 0.3) is 0 Å². The Morgan fingerprint density at radius 3 is 2.50 bits per heavy atom. The zero-order chi connectivity index (χ0) is 13.5. The Kier molecular flexibility index (Phi) is 4.94. The molecule has 0 aromatic heterocycles. The van der Waals surface area contributed by atoms with Gasteiger partial charge in [-0.25, -0.2) is 4.79 Å². The number of hydrogen-bond donors (Lipinski definition) is 3. The topological polar surface area (TPSA) is 117 Å². The molecule has 0 aliphatic carbocycles. The lowest BCUT2D eigenvalue weighted by molar-refractivity contribution is -0.121. The summed E-state index contributed by atoms with van der Waals surface area (Å²) in [4.78, 5) is 21.6. The first-order valence-corrected chi connectivity index (χ1v) is 5.15. The van der Waals surface area contributed by atoms with Gasteiger partial charge in [0.05, 0.1) is 7.11 Å². The second-order valence-corrected chi connectivity index (χ2v) is 3.42. The molecule has 3 amide bonds. The van der Waals surface area contributed by atoms with Gasteiger partial charge in [0.15, 0.2) is 6.61 Å². The molecular weight excluding hydrogens is 238 g/mol. The van der Waals surface area contributed by atoms with Crippen molar-refractivity contribution < 1.29 is 19.1 Å². The predicted octanol–water partition coefficient (Wildman–Crippen LogP) is -0.272. The third kappa shape index (κ3) is 4.30. The molecule has 7 nitrogen and oxygen atoms in total. The molecule has 0 bridgehead atoms. The highest BCUT2D eigenvalue weighted by Gasteiger charge is 2.07. The first kappa shape index (κ1) is 13.8. The van der Waals surface area contributed by atoms with Crippen LogP contribution in [0.5, 0.6) is 11.5 Å². The van der Waals surface area contributed by atoms with Gasteiger partial charge in [0.2, 0.25) is 0 Å². The quantitative estimate of drug-likeness (QED) is 0.667. The summed E-state index contributed by atoms with van der Waals surface area (Å²) in [6.45, 7) is 0.00115. The molecule has 0 atom stereocenters. The molecule has 0 radical (unpaired) electrons. The largest absolute Gasteiger partial charge is 0.497 e. The first-order valence-electron chi connectivity index (χ1n) is 5.15. The third-order valence-corrected chi connectivity index (χ3v) is 2.04. The van der Waals surface area contributed by atoms with Crippen LogP contribution < -0.4 is 26.3 Å². The van der Waals surface area contributed by atoms with E-state index in [2.05, 4.69) is 0 Å². The number of imide groups is 1. The molecule has 0 heterocycles. The van der Waals surface area contributed by atoms with E-state index in [1.807, 2.05) is 5.32 Å². The minimum absolute atomic E-state index is 0.319. The maximum atomic E-state index is 11.1. The predicted molar refractivity (Wildman–Crippen MR) is 64.1 cm³/mol. The summed E-state index contributed by atoms with van der Waals surface area (Å²) < 4.78 is 10.3. The van der Waals surface area contributed by atoms with Crippen LogP contribution in [0, 0.1) is 0 Å². The van der Waals surface area contributed by atoms with Crippen molar-refractivity contribution in [1.29, 1.82) is 0 Å². The molecule has 0 saturated heterocycles. The van der Waals surface area contributed by atoms with Crippen LogP contribution in [0.3, 0.4) is 0 Å². The summed E-state index contributed by atoms with van der Waals surface area (Å²) in [5, 5.41) is 1.89. The molecule has 7 heteroatoms. The average molecular weight is 253 g/mol. The van der Waals surface area contributed by atoms with E-state index in [4.69, 9.17) is 20.9 Å². The number of benzene rings is 1. The Morgan fingerprint density at radius 2 is 1.94 bits per heavy atom. The van der Waals surface area contributed by atoms with Gasteiger partial charge in [-0.2, -0.15) is 0 Å². The van der Waals surface area contributed by atoms with Gasteiger partial charge in [0.1, 0.15) is 11.5 Å². The van der Waals surface area contributed by atoms with E-state index in [9.17, 15) is 9.59 Å². The lowest BCUT2D eigenvalue weighted by Crippen LogP contribution is -2.38. The molecule has 0 saturated carbocycles. The van der Waals surface area contributed by atoms with Gasteiger partial charge in [0, 0.05) is 12.6 Å². The zero-order valence-electron chi connectivity index (χ0n) is 9.93. The monoisotopic (exact) mass is 253 g/mol. The van der Waals surface area contributed by atoms with E-state index in [0.29, 0.717) is 18.0 Å². The normalized spacial score (nSPS) is 9.67. The van der Waals surface area contributed by atoms with Crippen molar-refractivity contribution in [2.75, 3.05) is 13.7 Å². The van der Waals surface area contributed by atoms with Crippen LogP contribution in [0.4, 0.5) is 4.79 Å². The first-order chi connectivity index (χ1) is 8.55. The van der Waals surface area contributed by atoms with Gasteiger partial charge in [-0.05, 0) is 17.7 Å². The Labute approximate surface area is 104 Å². The van der Waals surface area contributed by atoms with Crippen molar-refractivity contribution in [3.05, 3.63) is 23.8 Å². The van der Waals surface area contributed by atoms with Crippen LogP contribution in [0.2, 0.25) is 0 Å². The average Bonchev–Trinajstić information content (AvgIpc) is 2.35. The number of ether oxygens (including phenoxy) is 2. The van der Waals surface area contributed by atoms with Crippen LogP contribution in [0.1, 0.15) is 5.56 Å². The van der Waals surface area contributed by atoms with Crippen LogP contribution in [0.15, 0.2) is 18.2 Å². The molecule has 1 rings (SSSR count). The van der Waals surface area contributed by atoms with Gasteiger partial charge < -0.3 is 20.9 Å². The van der Waals surface area contributed by atoms with E-state index in [1.165, 1.54) is 7.11 Å². The Hall–Kier alpha value is -2.28. The number of hydrogen-bond acceptors (Lipinski definition) is 5. The van der Waals surface area contributed by atoms with Crippen molar-refractivity contribution >= 4 is 11.9 Å². The number of primary amides is 1. The standard InChI is InChI=1S/C11H15N3O4/c1-17-8-2-7(5-12)3-9(4-8)18-6-10(15)14-11(13)16/h2-4H,5-6,12H2,1H3,(H3,13,14,15,16). The van der Waals surface area contributed by atoms with E-state index in [-0.39, 0.29) is 6.61 Å². The van der Waals surface area contributed by atoms with Crippen molar-refractivity contribution in [3.8, 4) is 11.5 Å². The van der Waals surface area contributed by atoms with Gasteiger partial charge >= 0.3 is 6.03 Å². The van der Waals surface area contributed by atoms with Crippen LogP contribution in [-0.2, 0) is 11.3 Å². The molecule has 0 spiro atoms. The minimum atomic E-state index is -0.920. The second kappa shape index (κ2) is 6.45. The van der Waals surface area contributed by atoms with E-state index >= 15 is 0 Å². The highest BCUT2D eigenvalue weighted by atomic mass is 16.5. The van der Waals surface area contributed by atoms with E-state index in [0.717, 1.165) is 5.56 Å². The molecule has 5 N–H and O–H groups in total. The third-order valence-electron chi connectivity index (χ3n) is 2.04. The number of rotatable bonds is 5. The van der Waals surface area contributed by atoms with Crippen molar-refractivity contribution in [3.63, 3.8) is 0 Å². The number of nitrogens with two attached hydrogens (primary N) is 2. The van der Waals surface area contributed by atoms with Crippen molar-refractivity contribution in [2.45, 2.75) is 6.54 Å². The maximum absolute atomic E-state index is 11.1. The summed E-state index contributed by atoms with van der Waals surface area (Å²) >= 11 is 0. The molecular formula is C11H15N3O4. The molecule has 1 aromatic carbocycles. The fourth-order valence-corrected chi connectivity index (χ4v) is 1.27. The molecule has 0 fully saturated rings. The Morgan fingerprint density at radius 1 is 1.28 bits per heavy atom. The van der Waals surface area contributed by atoms with Crippen LogP contribution in [-0.4, -0.2) is 25.7 Å². The Bertz CT molecular complexity index is 426. The molecule has 0 aliphatic rings. The fraction of sp³-hybridized carbons (Fsp3) is 0.273. The van der Waals surface area contributed by atoms with Crippen molar-refractivity contribution in [2.24, 2.45) is 11.5 Å². The van der Waals surface area contributed by atoms with Gasteiger partial charge in [0.25, 0.3) is 5.91 Å². The number of carbonyl (C=O) groups excluding carboxylic acids is 2. The maximum Gasteiger partial charge on any atom is 0.318 e. The van der Waals surface area contributed by atoms with Gasteiger partial charge in [-0.15, -0.1) is 0 Å². The van der Waals surface area contributed by atoms with E-state index < -0.39 is 11.9 Å². The lowest BCUT2D eigenvalue weighted by Gasteiger charge is -2.09. The van der Waals surface area contributed by atoms with E-state index in [1.54, 1.807) is 18.2 Å².